The number of aliphatic imine (C=N–C) groups is 1. The molecule has 82 heavy (non-hydrogen) atoms. The molecule has 2 fully saturated rings. The maximum Gasteiger partial charge on any atom is 0.326 e. The van der Waals surface area contributed by atoms with E-state index in [0.29, 0.717) is 0 Å². The first kappa shape index (κ1) is 69.3. The van der Waals surface area contributed by atoms with Gasteiger partial charge >= 0.3 is 17.9 Å². The molecule has 458 valence electrons. The summed E-state index contributed by atoms with van der Waals surface area (Å²) in [5.41, 5.74) is 31.9. The van der Waals surface area contributed by atoms with E-state index >= 15 is 0 Å². The molecule has 2 rings (SSSR count). The van der Waals surface area contributed by atoms with Gasteiger partial charge in [-0.2, -0.15) is 0 Å². The third-order valence-corrected chi connectivity index (χ3v) is 12.8. The fraction of sp³-hybridized carbons (Fsp3) is 0.652. The van der Waals surface area contributed by atoms with Crippen LogP contribution in [-0.2, 0) is 71.9 Å². The third kappa shape index (κ3) is 23.1. The molecule has 0 radical (unpaired) electrons. The molecule has 0 spiro atoms. The van der Waals surface area contributed by atoms with Gasteiger partial charge in [0, 0.05) is 38.9 Å². The Labute approximate surface area is 467 Å². The van der Waals surface area contributed by atoms with Gasteiger partial charge in [0.2, 0.25) is 70.9 Å². The Kier molecular flexibility index (Phi) is 28.5. The van der Waals surface area contributed by atoms with Crippen molar-refractivity contribution >= 4 is 94.8 Å². The van der Waals surface area contributed by atoms with Gasteiger partial charge in [0.25, 0.3) is 0 Å². The van der Waals surface area contributed by atoms with Crippen molar-refractivity contribution in [3.05, 3.63) is 0 Å². The van der Waals surface area contributed by atoms with Crippen LogP contribution in [0.1, 0.15) is 96.8 Å². The standard InChI is InChI=1S/C46H74N16O20/c1-20(64)35(42(78)56-24(45(81)82)5-2-14-53-46(51)52)60-41(77)28-6-3-15-61(28)44(80)29-7-4-16-62(29)43(79)26(18-34(70)71)58-37(73)23(10-13-33(68)69)55-39(75)25(17-32(50)67)57-40(76)27(19-63)59-38(74)22(9-12-31(49)66)54-36(72)21(47)8-11-30(48)65/h20-29,35,63-64H,2-19,47H2,1H3,(H2,48,65)(H2,49,66)(H2,50,67)(H,54,72)(H,55,75)(H,56,78)(H,57,76)(H,58,73)(H,59,74)(H,60,77)(H,68,69)(H,70,71)(H,81,82)(H4,51,52,53)/t20-,21+,22+,23+,24+,25+,26+,27+,28+,29+,35+/m1/s1. The number of carboxylic acids is 3. The highest BCUT2D eigenvalue weighted by atomic mass is 16.4. The van der Waals surface area contributed by atoms with Gasteiger partial charge in [-0.3, -0.25) is 72.1 Å². The molecule has 0 saturated carbocycles. The highest BCUT2D eigenvalue weighted by Gasteiger charge is 2.45. The first-order chi connectivity index (χ1) is 38.4. The van der Waals surface area contributed by atoms with Gasteiger partial charge in [-0.25, -0.2) is 4.79 Å². The van der Waals surface area contributed by atoms with E-state index < -0.39 is 200 Å². The second kappa shape index (κ2) is 33.7. The van der Waals surface area contributed by atoms with Crippen molar-refractivity contribution in [2.45, 2.75) is 163 Å². The Morgan fingerprint density at radius 3 is 1.55 bits per heavy atom. The summed E-state index contributed by atoms with van der Waals surface area (Å²) in [6.45, 7) is -0.283. The molecule has 0 bridgehead atoms. The molecular weight excluding hydrogens is 1100 g/mol. The normalized spacial score (nSPS) is 18.0. The molecule has 11 atom stereocenters. The number of likely N-dealkylation sites (tertiary alicyclic amines) is 2. The van der Waals surface area contributed by atoms with Gasteiger partial charge in [-0.1, -0.05) is 0 Å². The number of carboxylic acid groups (broad SMARTS) is 3. The second-order valence-corrected chi connectivity index (χ2v) is 19.3. The number of amides is 12. The zero-order valence-corrected chi connectivity index (χ0v) is 44.7. The van der Waals surface area contributed by atoms with E-state index in [1.165, 1.54) is 0 Å². The molecule has 24 N–H and O–H groups in total. The number of nitrogens with two attached hydrogens (primary N) is 6. The summed E-state index contributed by atoms with van der Waals surface area (Å²) in [4.78, 5) is 199. The quantitative estimate of drug-likeness (QED) is 0.0157. The van der Waals surface area contributed by atoms with Crippen molar-refractivity contribution < 1.29 is 97.5 Å². The van der Waals surface area contributed by atoms with E-state index in [1.807, 2.05) is 5.32 Å². The number of rotatable bonds is 36. The number of aliphatic carboxylic acids is 3. The monoisotopic (exact) mass is 1170 g/mol. The molecule has 12 amide bonds. The second-order valence-electron chi connectivity index (χ2n) is 19.3. The first-order valence-corrected chi connectivity index (χ1v) is 25.7. The maximum absolute atomic E-state index is 14.3. The molecular formula is C46H74N16O20. The average molecular weight is 1170 g/mol. The average Bonchev–Trinajstić information content (AvgIpc) is 4.31. The lowest BCUT2D eigenvalue weighted by molar-refractivity contribution is -0.150. The fourth-order valence-electron chi connectivity index (χ4n) is 8.53. The smallest absolute Gasteiger partial charge is 0.326 e. The van der Waals surface area contributed by atoms with E-state index in [0.717, 1.165) is 16.7 Å². The number of primary amides is 3. The Morgan fingerprint density at radius 2 is 1.02 bits per heavy atom. The summed E-state index contributed by atoms with van der Waals surface area (Å²) in [6, 6.07) is -17.0. The Bertz CT molecular complexity index is 2420. The van der Waals surface area contributed by atoms with Crippen LogP contribution in [0.4, 0.5) is 0 Å². The van der Waals surface area contributed by atoms with Crippen molar-refractivity contribution in [2.24, 2.45) is 39.4 Å². The number of carbonyl (C=O) groups is 15. The van der Waals surface area contributed by atoms with Gasteiger partial charge in [-0.15, -0.1) is 0 Å². The van der Waals surface area contributed by atoms with E-state index in [9.17, 15) is 97.5 Å². The summed E-state index contributed by atoms with van der Waals surface area (Å²) in [5, 5.41) is 64.8. The summed E-state index contributed by atoms with van der Waals surface area (Å²) in [6.07, 6.45) is -6.63. The van der Waals surface area contributed by atoms with Crippen LogP contribution in [-0.4, -0.2) is 223 Å². The number of aliphatic hydroxyl groups excluding tert-OH is 2. The van der Waals surface area contributed by atoms with Gasteiger partial charge in [0.1, 0.15) is 54.4 Å². The first-order valence-electron chi connectivity index (χ1n) is 25.7. The fourth-order valence-corrected chi connectivity index (χ4v) is 8.53. The molecule has 0 aromatic carbocycles. The molecule has 0 aliphatic carbocycles. The van der Waals surface area contributed by atoms with Crippen molar-refractivity contribution in [2.75, 3.05) is 26.2 Å². The predicted octanol–water partition coefficient (Wildman–Crippen LogP) is -10.1. The minimum atomic E-state index is -2.06. The lowest BCUT2D eigenvalue weighted by Crippen LogP contribution is -2.61. The number of nitrogens with one attached hydrogen (secondary N) is 7. The van der Waals surface area contributed by atoms with Crippen molar-refractivity contribution in [3.63, 3.8) is 0 Å². The maximum atomic E-state index is 14.3. The van der Waals surface area contributed by atoms with Crippen LogP contribution in [0, 0.1) is 0 Å². The van der Waals surface area contributed by atoms with Crippen LogP contribution >= 0.6 is 0 Å². The number of carbonyl (C=O) groups excluding carboxylic acids is 12. The van der Waals surface area contributed by atoms with E-state index in [-0.39, 0.29) is 77.0 Å². The molecule has 2 aliphatic rings. The minimum absolute atomic E-state index is 0.0261. The predicted molar refractivity (Wildman–Crippen MR) is 277 cm³/mol. The van der Waals surface area contributed by atoms with Crippen LogP contribution < -0.4 is 71.6 Å². The van der Waals surface area contributed by atoms with E-state index in [1.54, 1.807) is 0 Å². The zero-order valence-electron chi connectivity index (χ0n) is 44.7. The summed E-state index contributed by atoms with van der Waals surface area (Å²) in [7, 11) is 0. The number of nitrogens with zero attached hydrogens (tertiary/aromatic N) is 3. The van der Waals surface area contributed by atoms with Crippen LogP contribution in [0.25, 0.3) is 0 Å². The van der Waals surface area contributed by atoms with Crippen LogP contribution in [0.3, 0.4) is 0 Å². The zero-order chi connectivity index (χ0) is 62.1. The van der Waals surface area contributed by atoms with Crippen molar-refractivity contribution in [3.8, 4) is 0 Å². The number of guanidine groups is 1. The van der Waals surface area contributed by atoms with E-state index in [4.69, 9.17) is 34.4 Å². The Morgan fingerprint density at radius 1 is 0.537 bits per heavy atom. The molecule has 2 aliphatic heterocycles. The summed E-state index contributed by atoms with van der Waals surface area (Å²) in [5.74, 6) is -18.2. The molecule has 36 heteroatoms. The number of hydrogen-bond acceptors (Lipinski definition) is 19. The van der Waals surface area contributed by atoms with Crippen LogP contribution in [0.15, 0.2) is 4.99 Å². The molecule has 2 heterocycles. The summed E-state index contributed by atoms with van der Waals surface area (Å²) < 4.78 is 0. The largest absolute Gasteiger partial charge is 0.481 e. The highest BCUT2D eigenvalue weighted by Crippen LogP contribution is 2.26. The van der Waals surface area contributed by atoms with Crippen molar-refractivity contribution in [1.29, 1.82) is 0 Å². The van der Waals surface area contributed by atoms with Crippen molar-refractivity contribution in [1.82, 2.24) is 47.0 Å². The molecule has 0 aromatic heterocycles. The van der Waals surface area contributed by atoms with Crippen LogP contribution in [0.5, 0.6) is 0 Å². The SMILES string of the molecule is C[C@@H](O)[C@H](NC(=O)[C@@H]1CCCN1C(=O)[C@@H]1CCCN1C(=O)[C@H](CC(=O)O)NC(=O)[C@H](CCC(=O)O)NC(=O)[C@H](CC(N)=O)NC(=O)[C@H](CO)NC(=O)[C@H](CCC(N)=O)NC(=O)[C@@H](N)CCC(N)=O)C(=O)N[C@@H](CCCN=C(N)N)C(=O)O. The highest BCUT2D eigenvalue weighted by molar-refractivity contribution is 6.00. The molecule has 0 unspecified atom stereocenters. The minimum Gasteiger partial charge on any atom is -0.481 e. The number of hydrogen-bond donors (Lipinski definition) is 18. The molecule has 2 saturated heterocycles. The lowest BCUT2D eigenvalue weighted by atomic mass is 10.1. The Hall–Kier alpha value is -8.80. The molecule has 0 aromatic rings. The lowest BCUT2D eigenvalue weighted by Gasteiger charge is -2.33. The third-order valence-electron chi connectivity index (χ3n) is 12.8. The summed E-state index contributed by atoms with van der Waals surface area (Å²) >= 11 is 0. The van der Waals surface area contributed by atoms with Crippen LogP contribution in [0.2, 0.25) is 0 Å². The van der Waals surface area contributed by atoms with Gasteiger partial charge in [-0.05, 0) is 64.7 Å². The topological polar surface area (TPSA) is 616 Å². The van der Waals surface area contributed by atoms with Gasteiger partial charge < -0.3 is 107 Å². The molecule has 36 nitrogen and oxygen atoms in total. The van der Waals surface area contributed by atoms with E-state index in [2.05, 4.69) is 36.9 Å². The number of aliphatic hydroxyl groups is 2. The van der Waals surface area contributed by atoms with Gasteiger partial charge in [0.15, 0.2) is 5.96 Å². The Balaban J connectivity index is 2.34. The van der Waals surface area contributed by atoms with Gasteiger partial charge in [0.05, 0.1) is 31.6 Å².